The molecular formula is C16H23IN4O2. The summed E-state index contributed by atoms with van der Waals surface area (Å²) in [5, 5.41) is 17.6. The zero-order chi connectivity index (χ0) is 15.4. The Balaban J connectivity index is 0.00000192. The number of nitro groups is 1. The Labute approximate surface area is 153 Å². The van der Waals surface area contributed by atoms with Crippen molar-refractivity contribution < 1.29 is 4.92 Å². The zero-order valence-corrected chi connectivity index (χ0v) is 15.4. The fraction of sp³-hybridized carbons (Fsp3) is 0.562. The lowest BCUT2D eigenvalue weighted by Crippen LogP contribution is -2.43. The van der Waals surface area contributed by atoms with E-state index in [1.165, 1.54) is 50.7 Å². The molecule has 2 fully saturated rings. The molecule has 2 aliphatic carbocycles. The third-order valence-corrected chi connectivity index (χ3v) is 4.18. The number of nitrogens with one attached hydrogen (secondary N) is 2. The second-order valence-corrected chi connectivity index (χ2v) is 6.13. The van der Waals surface area contributed by atoms with Crippen LogP contribution in [0.25, 0.3) is 0 Å². The van der Waals surface area contributed by atoms with Crippen molar-refractivity contribution in [2.75, 3.05) is 0 Å². The number of benzene rings is 1. The van der Waals surface area contributed by atoms with Crippen LogP contribution >= 0.6 is 24.0 Å². The zero-order valence-electron chi connectivity index (χ0n) is 13.0. The Hall–Kier alpha value is -1.38. The van der Waals surface area contributed by atoms with E-state index in [9.17, 15) is 10.1 Å². The summed E-state index contributed by atoms with van der Waals surface area (Å²) >= 11 is 0. The standard InChI is InChI=1S/C16H22N4O2.HI/c21-20(22)15-9-5-12(6-10-15)11-17-16(19-14-7-8-14)18-13-3-1-2-4-13;/h5-6,9-10,13-14H,1-4,7-8,11H2,(H2,17,18,19);1H. The van der Waals surface area contributed by atoms with Crippen molar-refractivity contribution in [3.63, 3.8) is 0 Å². The smallest absolute Gasteiger partial charge is 0.269 e. The van der Waals surface area contributed by atoms with Gasteiger partial charge in [0.15, 0.2) is 5.96 Å². The highest BCUT2D eigenvalue weighted by molar-refractivity contribution is 14.0. The van der Waals surface area contributed by atoms with Gasteiger partial charge in [-0.3, -0.25) is 10.1 Å². The summed E-state index contributed by atoms with van der Waals surface area (Å²) in [6.45, 7) is 0.534. The van der Waals surface area contributed by atoms with Crippen LogP contribution in [0.1, 0.15) is 44.1 Å². The van der Waals surface area contributed by atoms with Gasteiger partial charge in [-0.05, 0) is 31.2 Å². The maximum Gasteiger partial charge on any atom is 0.269 e. The van der Waals surface area contributed by atoms with E-state index in [0.717, 1.165) is 11.5 Å². The van der Waals surface area contributed by atoms with E-state index < -0.39 is 0 Å². The molecule has 2 N–H and O–H groups in total. The third-order valence-electron chi connectivity index (χ3n) is 4.18. The van der Waals surface area contributed by atoms with Gasteiger partial charge in [0, 0.05) is 24.2 Å². The highest BCUT2D eigenvalue weighted by Gasteiger charge is 2.24. The van der Waals surface area contributed by atoms with Crippen molar-refractivity contribution in [2.45, 2.75) is 57.2 Å². The lowest BCUT2D eigenvalue weighted by Gasteiger charge is -2.17. The summed E-state index contributed by atoms with van der Waals surface area (Å²) in [6, 6.07) is 7.69. The van der Waals surface area contributed by atoms with E-state index in [0.29, 0.717) is 18.6 Å². The number of hydrogen-bond acceptors (Lipinski definition) is 3. The quantitative estimate of drug-likeness (QED) is 0.247. The number of hydrogen-bond donors (Lipinski definition) is 2. The van der Waals surface area contributed by atoms with E-state index in [1.807, 2.05) is 0 Å². The third kappa shape index (κ3) is 5.63. The van der Waals surface area contributed by atoms with E-state index in [-0.39, 0.29) is 34.6 Å². The van der Waals surface area contributed by atoms with Gasteiger partial charge in [0.1, 0.15) is 0 Å². The Morgan fingerprint density at radius 2 is 1.65 bits per heavy atom. The fourth-order valence-corrected chi connectivity index (χ4v) is 2.71. The summed E-state index contributed by atoms with van der Waals surface area (Å²) in [6.07, 6.45) is 7.42. The van der Waals surface area contributed by atoms with Crippen LogP contribution in [0.2, 0.25) is 0 Å². The molecular weight excluding hydrogens is 407 g/mol. The maximum absolute atomic E-state index is 10.7. The first kappa shape index (κ1) is 18.0. The number of aliphatic imine (C=N–C) groups is 1. The summed E-state index contributed by atoms with van der Waals surface area (Å²) in [4.78, 5) is 14.9. The van der Waals surface area contributed by atoms with Gasteiger partial charge in [0.25, 0.3) is 5.69 Å². The van der Waals surface area contributed by atoms with Crippen molar-refractivity contribution >= 4 is 35.6 Å². The summed E-state index contributed by atoms with van der Waals surface area (Å²) in [5.74, 6) is 0.882. The van der Waals surface area contributed by atoms with Gasteiger partial charge in [0.2, 0.25) is 0 Å². The Morgan fingerprint density at radius 3 is 2.17 bits per heavy atom. The molecule has 0 radical (unpaired) electrons. The van der Waals surface area contributed by atoms with Crippen molar-refractivity contribution in [2.24, 2.45) is 4.99 Å². The molecule has 0 saturated heterocycles. The number of halogens is 1. The molecule has 0 unspecified atom stereocenters. The van der Waals surface area contributed by atoms with E-state index in [1.54, 1.807) is 12.1 Å². The SMILES string of the molecule is I.O=[N+]([O-])c1ccc(CN=C(NC2CCCC2)NC2CC2)cc1. The molecule has 0 amide bonds. The fourth-order valence-electron chi connectivity index (χ4n) is 2.71. The average molecular weight is 430 g/mol. The molecule has 0 bridgehead atoms. The molecule has 126 valence electrons. The molecule has 3 rings (SSSR count). The molecule has 0 aliphatic heterocycles. The van der Waals surface area contributed by atoms with Crippen LogP contribution in [0.4, 0.5) is 5.69 Å². The highest BCUT2D eigenvalue weighted by atomic mass is 127. The first-order valence-corrected chi connectivity index (χ1v) is 8.01. The molecule has 2 saturated carbocycles. The van der Waals surface area contributed by atoms with Gasteiger partial charge < -0.3 is 10.6 Å². The van der Waals surface area contributed by atoms with Crippen LogP contribution in [0.15, 0.2) is 29.3 Å². The van der Waals surface area contributed by atoms with Crippen molar-refractivity contribution in [3.8, 4) is 0 Å². The predicted octanol–water partition coefficient (Wildman–Crippen LogP) is 3.35. The van der Waals surface area contributed by atoms with Crippen LogP contribution in [-0.4, -0.2) is 23.0 Å². The first-order chi connectivity index (χ1) is 10.7. The van der Waals surface area contributed by atoms with Crippen LogP contribution in [0.5, 0.6) is 0 Å². The van der Waals surface area contributed by atoms with Gasteiger partial charge in [-0.25, -0.2) is 4.99 Å². The Bertz CT molecular complexity index is 552. The van der Waals surface area contributed by atoms with Gasteiger partial charge in [-0.1, -0.05) is 25.0 Å². The largest absolute Gasteiger partial charge is 0.354 e. The molecule has 0 aromatic heterocycles. The van der Waals surface area contributed by atoms with Crippen LogP contribution in [0.3, 0.4) is 0 Å². The van der Waals surface area contributed by atoms with Gasteiger partial charge in [-0.2, -0.15) is 0 Å². The lowest BCUT2D eigenvalue weighted by atomic mass is 10.2. The van der Waals surface area contributed by atoms with Gasteiger partial charge >= 0.3 is 0 Å². The second-order valence-electron chi connectivity index (χ2n) is 6.13. The van der Waals surface area contributed by atoms with Crippen LogP contribution < -0.4 is 10.6 Å². The molecule has 23 heavy (non-hydrogen) atoms. The molecule has 7 heteroatoms. The van der Waals surface area contributed by atoms with E-state index >= 15 is 0 Å². The number of nitrogens with zero attached hydrogens (tertiary/aromatic N) is 2. The molecule has 1 aromatic carbocycles. The molecule has 0 heterocycles. The average Bonchev–Trinajstić information content (AvgIpc) is 3.18. The number of rotatable bonds is 5. The number of nitro benzene ring substituents is 1. The summed E-state index contributed by atoms with van der Waals surface area (Å²) in [7, 11) is 0. The minimum absolute atomic E-state index is 0. The van der Waals surface area contributed by atoms with Gasteiger partial charge in [-0.15, -0.1) is 24.0 Å². The molecule has 1 aromatic rings. The summed E-state index contributed by atoms with van der Waals surface area (Å²) in [5.41, 5.74) is 1.10. The minimum Gasteiger partial charge on any atom is -0.354 e. The minimum atomic E-state index is -0.380. The molecule has 0 spiro atoms. The Morgan fingerprint density at radius 1 is 1.09 bits per heavy atom. The topological polar surface area (TPSA) is 79.6 Å². The van der Waals surface area contributed by atoms with Crippen LogP contribution in [0, 0.1) is 10.1 Å². The normalized spacial score (nSPS) is 18.3. The van der Waals surface area contributed by atoms with Gasteiger partial charge in [0.05, 0.1) is 11.5 Å². The molecule has 2 aliphatic rings. The predicted molar refractivity (Wildman–Crippen MR) is 101 cm³/mol. The lowest BCUT2D eigenvalue weighted by molar-refractivity contribution is -0.384. The van der Waals surface area contributed by atoms with E-state index in [2.05, 4.69) is 15.6 Å². The first-order valence-electron chi connectivity index (χ1n) is 8.01. The second kappa shape index (κ2) is 8.47. The van der Waals surface area contributed by atoms with Crippen molar-refractivity contribution in [1.29, 1.82) is 0 Å². The highest BCUT2D eigenvalue weighted by Crippen LogP contribution is 2.20. The summed E-state index contributed by atoms with van der Waals surface area (Å²) < 4.78 is 0. The van der Waals surface area contributed by atoms with E-state index in [4.69, 9.17) is 0 Å². The number of guanidine groups is 1. The van der Waals surface area contributed by atoms with Crippen molar-refractivity contribution in [3.05, 3.63) is 39.9 Å². The molecule has 6 nitrogen and oxygen atoms in total. The number of non-ortho nitro benzene ring substituents is 1. The van der Waals surface area contributed by atoms with Crippen LogP contribution in [-0.2, 0) is 6.54 Å². The maximum atomic E-state index is 10.7. The Kier molecular flexibility index (Phi) is 6.61. The van der Waals surface area contributed by atoms with Crippen molar-refractivity contribution in [1.82, 2.24) is 10.6 Å². The monoisotopic (exact) mass is 430 g/mol. The molecule has 0 atom stereocenters.